The van der Waals surface area contributed by atoms with Gasteiger partial charge >= 0.3 is 23.2 Å². The first kappa shape index (κ1) is 39.7. The highest BCUT2D eigenvalue weighted by Crippen LogP contribution is 2.70. The van der Waals surface area contributed by atoms with Crippen molar-refractivity contribution in [1.29, 1.82) is 0 Å². The molecule has 2 fully saturated rings. The highest BCUT2D eigenvalue weighted by molar-refractivity contribution is 7.68. The molecule has 0 aromatic carbocycles. The fourth-order valence-electron chi connectivity index (χ4n) is 5.33. The Labute approximate surface area is 292 Å². The fraction of sp³-hybridized carbons (Fsp3) is 0.500. The zero-order chi connectivity index (χ0) is 38.8. The van der Waals surface area contributed by atoms with Gasteiger partial charge in [0.25, 0.3) is 7.82 Å². The number of aliphatic hydroxyl groups is 4. The number of nitrogen functional groups attached to an aromatic ring is 2. The van der Waals surface area contributed by atoms with Crippen molar-refractivity contribution in [2.45, 2.75) is 54.9 Å². The van der Waals surface area contributed by atoms with Crippen LogP contribution in [0.5, 0.6) is 0 Å². The third-order valence-electron chi connectivity index (χ3n) is 7.61. The van der Waals surface area contributed by atoms with Gasteiger partial charge in [0.1, 0.15) is 60.3 Å². The molecular weight excluding hydrogens is 808 g/mol. The monoisotopic (exact) mass is 835 g/mol. The number of nitrogens with zero attached hydrogens (tertiary/aromatic N) is 8. The maximum Gasteiger partial charge on any atom is 0.488 e. The Morgan fingerprint density at radius 1 is 0.736 bits per heavy atom. The van der Waals surface area contributed by atoms with Crippen molar-refractivity contribution in [2.75, 3.05) is 18.1 Å². The van der Waals surface area contributed by atoms with Gasteiger partial charge in [0, 0.05) is 0 Å². The zero-order valence-corrected chi connectivity index (χ0v) is 29.4. The summed E-state index contributed by atoms with van der Waals surface area (Å²) in [5.74, 6) is -3.34. The van der Waals surface area contributed by atoms with E-state index < -0.39 is 92.6 Å². The van der Waals surface area contributed by atoms with E-state index in [2.05, 4.69) is 47.6 Å². The Balaban J connectivity index is 1.15. The minimum atomic E-state index is -6.35. The summed E-state index contributed by atoms with van der Waals surface area (Å²) in [5, 5.41) is 42.4. The summed E-state index contributed by atoms with van der Waals surface area (Å²) < 4.78 is 80.1. The van der Waals surface area contributed by atoms with E-state index in [1.54, 1.807) is 0 Å². The number of ether oxygens (including phenoxy) is 2. The molecule has 2 aliphatic heterocycles. The van der Waals surface area contributed by atoms with Gasteiger partial charge in [-0.1, -0.05) is 0 Å². The van der Waals surface area contributed by atoms with Crippen molar-refractivity contribution >= 4 is 65.0 Å². The summed E-state index contributed by atoms with van der Waals surface area (Å²) >= 11 is 0. The van der Waals surface area contributed by atoms with E-state index in [0.29, 0.717) is 0 Å². The first-order valence-electron chi connectivity index (χ1n) is 14.3. The van der Waals surface area contributed by atoms with E-state index in [9.17, 15) is 63.2 Å². The molecule has 292 valence electrons. The molecule has 0 aliphatic carbocycles. The summed E-state index contributed by atoms with van der Waals surface area (Å²) in [6.07, 6.45) is -11.3. The second kappa shape index (κ2) is 14.3. The Bertz CT molecular complexity index is 2200. The number of imidazole rings is 2. The molecule has 12 N–H and O–H groups in total. The summed E-state index contributed by atoms with van der Waals surface area (Å²) in [7, 11) is -24.6. The van der Waals surface area contributed by atoms with Crippen molar-refractivity contribution in [3.05, 3.63) is 25.3 Å². The van der Waals surface area contributed by atoms with Crippen LogP contribution in [0.3, 0.4) is 0 Å². The van der Waals surface area contributed by atoms with Gasteiger partial charge in [-0.15, -0.1) is 0 Å². The summed E-state index contributed by atoms with van der Waals surface area (Å²) in [4.78, 5) is 75.2. The van der Waals surface area contributed by atoms with Crippen LogP contribution in [-0.4, -0.2) is 128 Å². The number of aliphatic hydroxyl groups excluding tert-OH is 4. The molecule has 0 spiro atoms. The second-order valence-electron chi connectivity index (χ2n) is 11.1. The van der Waals surface area contributed by atoms with Crippen LogP contribution in [-0.2, 0) is 45.4 Å². The lowest BCUT2D eigenvalue weighted by Gasteiger charge is -2.32. The van der Waals surface area contributed by atoms with Gasteiger partial charge in [-0.05, 0) is 0 Å². The van der Waals surface area contributed by atoms with Crippen LogP contribution in [0.25, 0.3) is 22.3 Å². The molecule has 33 heteroatoms. The molecule has 6 heterocycles. The highest BCUT2D eigenvalue weighted by Gasteiger charge is 2.57. The van der Waals surface area contributed by atoms with Gasteiger partial charge < -0.3 is 65.8 Å². The van der Waals surface area contributed by atoms with E-state index >= 15 is 0 Å². The molecule has 2 saturated heterocycles. The van der Waals surface area contributed by atoms with Crippen LogP contribution in [0.2, 0.25) is 0 Å². The number of aromatic nitrogens is 8. The third-order valence-corrected chi connectivity index (χ3v) is 13.2. The first-order chi connectivity index (χ1) is 24.6. The van der Waals surface area contributed by atoms with Crippen molar-refractivity contribution in [2.24, 2.45) is 0 Å². The molecule has 6 rings (SSSR count). The van der Waals surface area contributed by atoms with E-state index in [4.69, 9.17) is 20.9 Å². The van der Waals surface area contributed by atoms with Gasteiger partial charge in [-0.25, -0.2) is 43.3 Å². The standard InChI is InChI=1S/C20H28N10O19P4/c21-14-7-16(25-2-23-14)29(4-27-7)18-11(33)9(31)6(45-18)1-44-52(40,41)49-53(42,43)48-50(35,36)20(47-51(37,38)39)13-10(32)12(34)19(46-13)30-5-28-8-15(22)24-3-26-17(8)30/h2-6,9-13,18-20,31-34H,1H2,(H,35,36)(H,40,41)(H,42,43)(H2,21,23,25)(H2,22,24,26)(H2,37,38,39)/p-1. The number of rotatable bonds is 13. The van der Waals surface area contributed by atoms with Gasteiger partial charge in [0.05, 0.1) is 19.3 Å². The predicted molar refractivity (Wildman–Crippen MR) is 164 cm³/mol. The van der Waals surface area contributed by atoms with E-state index in [0.717, 1.165) is 34.4 Å². The molecule has 53 heavy (non-hydrogen) atoms. The number of nitrogens with two attached hydrogens (primary N) is 2. The van der Waals surface area contributed by atoms with E-state index in [1.165, 1.54) is 0 Å². The average molecular weight is 835 g/mol. The van der Waals surface area contributed by atoms with Gasteiger partial charge in [0.15, 0.2) is 41.2 Å². The number of hydrogen-bond donors (Lipinski definition) is 10. The molecule has 29 nitrogen and oxygen atoms in total. The maximum absolute atomic E-state index is 13.3. The molecular formula is C20H27N10O19P4-. The predicted octanol–water partition coefficient (Wildman–Crippen LogP) is -3.69. The first-order valence-corrected chi connectivity index (χ1v) is 20.4. The summed E-state index contributed by atoms with van der Waals surface area (Å²) in [6.45, 7) is -1.15. The zero-order valence-electron chi connectivity index (χ0n) is 25.8. The smallest absolute Gasteiger partial charge is 0.488 e. The molecule has 0 radical (unpaired) electrons. The topological polar surface area (TPSA) is 448 Å². The highest BCUT2D eigenvalue weighted by atomic mass is 31.3. The van der Waals surface area contributed by atoms with Crippen LogP contribution in [0.15, 0.2) is 25.3 Å². The van der Waals surface area contributed by atoms with Crippen LogP contribution >= 0.6 is 31.1 Å². The summed E-state index contributed by atoms with van der Waals surface area (Å²) in [6, 6.07) is 0. The average Bonchev–Trinajstić information content (AvgIpc) is 3.80. The minimum Gasteiger partial charge on any atom is -0.756 e. The lowest BCUT2D eigenvalue weighted by atomic mass is 10.1. The van der Waals surface area contributed by atoms with Crippen LogP contribution in [0.4, 0.5) is 11.6 Å². The van der Waals surface area contributed by atoms with Gasteiger partial charge in [-0.3, -0.25) is 27.3 Å². The number of phosphoric acid groups is 3. The van der Waals surface area contributed by atoms with Crippen molar-refractivity contribution in [3.63, 3.8) is 0 Å². The SMILES string of the molecule is Nc1ncnc2c1ncn2C1OC(COP(=O)(O)OP(=O)(O)OP(=O)(O)C(OP(=O)([O-])O)C2OC(n3cnc4c(N)ncnc43)C(O)C2O)C(O)C1O. The molecule has 0 saturated carbocycles. The van der Waals surface area contributed by atoms with Gasteiger partial charge in [0.2, 0.25) is 0 Å². The quantitative estimate of drug-likeness (QED) is 0.0579. The number of phosphoric ester groups is 2. The third kappa shape index (κ3) is 8.05. The number of fused-ring (bicyclic) bond motifs is 2. The second-order valence-corrected chi connectivity index (χ2v) is 17.3. The lowest BCUT2D eigenvalue weighted by molar-refractivity contribution is -0.226. The van der Waals surface area contributed by atoms with E-state index in [-0.39, 0.29) is 34.0 Å². The molecule has 0 bridgehead atoms. The molecule has 13 atom stereocenters. The maximum atomic E-state index is 13.3. The fourth-order valence-corrected chi connectivity index (χ4v) is 10.7. The largest absolute Gasteiger partial charge is 0.756 e. The molecule has 4 aromatic rings. The molecule has 2 aliphatic rings. The van der Waals surface area contributed by atoms with Crippen molar-refractivity contribution < 1.29 is 90.3 Å². The van der Waals surface area contributed by atoms with Crippen molar-refractivity contribution in [3.8, 4) is 0 Å². The Morgan fingerprint density at radius 3 is 1.77 bits per heavy atom. The molecule has 0 amide bonds. The molecule has 4 aromatic heterocycles. The van der Waals surface area contributed by atoms with Gasteiger partial charge in [-0.2, -0.15) is 4.31 Å². The van der Waals surface area contributed by atoms with Crippen molar-refractivity contribution in [1.82, 2.24) is 39.0 Å². The molecule has 13 unspecified atom stereocenters. The Morgan fingerprint density at radius 2 is 1.25 bits per heavy atom. The van der Waals surface area contributed by atoms with E-state index in [1.807, 2.05) is 0 Å². The lowest BCUT2D eigenvalue weighted by Crippen LogP contribution is -2.40. The summed E-state index contributed by atoms with van der Waals surface area (Å²) in [5.41, 5.74) is 11.5. The Kier molecular flexibility index (Phi) is 10.7. The van der Waals surface area contributed by atoms with Crippen LogP contribution in [0, 0.1) is 0 Å². The normalized spacial score (nSPS) is 31.6. The van der Waals surface area contributed by atoms with Crippen LogP contribution < -0.4 is 16.4 Å². The van der Waals surface area contributed by atoms with Crippen LogP contribution in [0.1, 0.15) is 12.5 Å². The Hall–Kier alpha value is -2.98. The number of anilines is 2. The number of hydrogen-bond acceptors (Lipinski definition) is 23. The minimum absolute atomic E-state index is 0.0298.